The number of amides is 1. The monoisotopic (exact) mass is 362 g/mol. The molecule has 1 amide bonds. The molecule has 1 N–H and O–H groups in total. The number of benzene rings is 2. The van der Waals surface area contributed by atoms with Crippen molar-refractivity contribution < 1.29 is 14.3 Å². The summed E-state index contributed by atoms with van der Waals surface area (Å²) >= 11 is 0. The van der Waals surface area contributed by atoms with Crippen LogP contribution in [0.25, 0.3) is 6.08 Å². The van der Waals surface area contributed by atoms with Crippen LogP contribution < -0.4 is 14.8 Å². The van der Waals surface area contributed by atoms with Crippen molar-refractivity contribution in [1.29, 1.82) is 5.26 Å². The van der Waals surface area contributed by atoms with Gasteiger partial charge in [0.25, 0.3) is 5.91 Å². The first kappa shape index (κ1) is 19.8. The van der Waals surface area contributed by atoms with E-state index in [-0.39, 0.29) is 5.57 Å². The summed E-state index contributed by atoms with van der Waals surface area (Å²) in [5.74, 6) is 0.614. The summed E-state index contributed by atoms with van der Waals surface area (Å²) in [4.78, 5) is 12.5. The van der Waals surface area contributed by atoms with Gasteiger partial charge in [-0.2, -0.15) is 5.26 Å². The number of nitrogens with one attached hydrogen (secondary N) is 1. The molecule has 0 aliphatic heterocycles. The SMILES string of the molecule is C=CCOc1ccc(/C=C(\C#N)C(=O)Nc2cccc(C)c2C)cc1OC. The lowest BCUT2D eigenvalue weighted by Gasteiger charge is -2.11. The Morgan fingerprint density at radius 3 is 2.70 bits per heavy atom. The number of hydrogen-bond acceptors (Lipinski definition) is 4. The van der Waals surface area contributed by atoms with Crippen molar-refractivity contribution in [2.75, 3.05) is 19.0 Å². The van der Waals surface area contributed by atoms with Gasteiger partial charge in [0.1, 0.15) is 18.2 Å². The molecule has 138 valence electrons. The van der Waals surface area contributed by atoms with E-state index in [1.165, 1.54) is 13.2 Å². The lowest BCUT2D eigenvalue weighted by atomic mass is 10.1. The maximum atomic E-state index is 12.5. The second-order valence-electron chi connectivity index (χ2n) is 5.88. The van der Waals surface area contributed by atoms with Gasteiger partial charge in [-0.3, -0.25) is 4.79 Å². The molecule has 0 saturated carbocycles. The van der Waals surface area contributed by atoms with E-state index >= 15 is 0 Å². The number of aryl methyl sites for hydroxylation is 1. The molecule has 0 aliphatic carbocycles. The fraction of sp³-hybridized carbons (Fsp3) is 0.182. The first-order valence-corrected chi connectivity index (χ1v) is 8.41. The van der Waals surface area contributed by atoms with Crippen molar-refractivity contribution in [2.45, 2.75) is 13.8 Å². The number of carbonyl (C=O) groups excluding carboxylic acids is 1. The lowest BCUT2D eigenvalue weighted by molar-refractivity contribution is -0.112. The number of nitrogens with zero attached hydrogens (tertiary/aromatic N) is 1. The average Bonchev–Trinajstić information content (AvgIpc) is 2.68. The van der Waals surface area contributed by atoms with Crippen molar-refractivity contribution in [3.05, 3.63) is 71.3 Å². The second-order valence-corrected chi connectivity index (χ2v) is 5.88. The smallest absolute Gasteiger partial charge is 0.266 e. The first-order valence-electron chi connectivity index (χ1n) is 8.41. The first-order chi connectivity index (χ1) is 13.0. The van der Waals surface area contributed by atoms with E-state index in [2.05, 4.69) is 11.9 Å². The Morgan fingerprint density at radius 2 is 2.04 bits per heavy atom. The molecule has 0 aliphatic rings. The molecule has 0 aromatic heterocycles. The van der Waals surface area contributed by atoms with Gasteiger partial charge in [0.15, 0.2) is 11.5 Å². The summed E-state index contributed by atoms with van der Waals surface area (Å²) in [5.41, 5.74) is 3.37. The molecule has 0 saturated heterocycles. The zero-order valence-electron chi connectivity index (χ0n) is 15.7. The van der Waals surface area contributed by atoms with E-state index in [0.717, 1.165) is 11.1 Å². The zero-order chi connectivity index (χ0) is 19.8. The minimum absolute atomic E-state index is 0.00211. The Hall–Kier alpha value is -3.52. The van der Waals surface area contributed by atoms with E-state index in [4.69, 9.17) is 9.47 Å². The number of ether oxygens (including phenoxy) is 2. The number of nitriles is 1. The number of anilines is 1. The Kier molecular flexibility index (Phi) is 6.79. The standard InChI is InChI=1S/C22H22N2O3/c1-5-11-27-20-10-9-17(13-21(20)26-4)12-18(14-23)22(25)24-19-8-6-7-15(2)16(19)3/h5-10,12-13H,1,11H2,2-4H3,(H,24,25)/b18-12+. The third-order valence-corrected chi connectivity index (χ3v) is 4.07. The van der Waals surface area contributed by atoms with Gasteiger partial charge >= 0.3 is 0 Å². The molecule has 2 aromatic rings. The summed E-state index contributed by atoms with van der Waals surface area (Å²) in [6, 6.07) is 12.8. The zero-order valence-corrected chi connectivity index (χ0v) is 15.7. The quantitative estimate of drug-likeness (QED) is 0.449. The molecule has 2 aromatic carbocycles. The van der Waals surface area contributed by atoms with Gasteiger partial charge in [0.05, 0.1) is 7.11 Å². The third-order valence-electron chi connectivity index (χ3n) is 4.07. The van der Waals surface area contributed by atoms with Gasteiger partial charge in [-0.1, -0.05) is 30.9 Å². The predicted octanol–water partition coefficient (Wildman–Crippen LogP) is 4.42. The van der Waals surface area contributed by atoms with E-state index in [1.54, 1.807) is 24.3 Å². The minimum Gasteiger partial charge on any atom is -0.493 e. The van der Waals surface area contributed by atoms with Crippen molar-refractivity contribution in [2.24, 2.45) is 0 Å². The lowest BCUT2D eigenvalue weighted by Crippen LogP contribution is -2.14. The van der Waals surface area contributed by atoms with Crippen molar-refractivity contribution in [1.82, 2.24) is 0 Å². The highest BCUT2D eigenvalue weighted by atomic mass is 16.5. The van der Waals surface area contributed by atoms with Crippen LogP contribution in [0.3, 0.4) is 0 Å². The van der Waals surface area contributed by atoms with Crippen molar-refractivity contribution in [3.63, 3.8) is 0 Å². The fourth-order valence-corrected chi connectivity index (χ4v) is 2.43. The molecule has 0 bridgehead atoms. The molecule has 0 spiro atoms. The molecule has 0 atom stereocenters. The Labute approximate surface area is 159 Å². The molecule has 2 rings (SSSR count). The van der Waals surface area contributed by atoms with Crippen molar-refractivity contribution >= 4 is 17.7 Å². The molecule has 0 heterocycles. The van der Waals surface area contributed by atoms with Gasteiger partial charge in [0.2, 0.25) is 0 Å². The van der Waals surface area contributed by atoms with Crippen LogP contribution in [0.5, 0.6) is 11.5 Å². The second kappa shape index (κ2) is 9.25. The molecular formula is C22H22N2O3. The summed E-state index contributed by atoms with van der Waals surface area (Å²) < 4.78 is 10.8. The van der Waals surface area contributed by atoms with Crippen LogP contribution in [0.1, 0.15) is 16.7 Å². The maximum absolute atomic E-state index is 12.5. The fourth-order valence-electron chi connectivity index (χ4n) is 2.43. The average molecular weight is 362 g/mol. The molecule has 0 radical (unpaired) electrons. The van der Waals surface area contributed by atoms with E-state index in [9.17, 15) is 10.1 Å². The van der Waals surface area contributed by atoms with Gasteiger partial charge in [0, 0.05) is 5.69 Å². The number of rotatable bonds is 7. The van der Waals surface area contributed by atoms with E-state index in [0.29, 0.717) is 29.4 Å². The highest BCUT2D eigenvalue weighted by molar-refractivity contribution is 6.10. The van der Waals surface area contributed by atoms with Crippen LogP contribution in [0.2, 0.25) is 0 Å². The van der Waals surface area contributed by atoms with E-state index < -0.39 is 5.91 Å². The highest BCUT2D eigenvalue weighted by Gasteiger charge is 2.12. The summed E-state index contributed by atoms with van der Waals surface area (Å²) in [6.07, 6.45) is 3.15. The van der Waals surface area contributed by atoms with Gasteiger partial charge < -0.3 is 14.8 Å². The summed E-state index contributed by atoms with van der Waals surface area (Å²) in [6.45, 7) is 7.85. The largest absolute Gasteiger partial charge is 0.493 e. The van der Waals surface area contributed by atoms with E-state index in [1.807, 2.05) is 38.1 Å². The molecular weight excluding hydrogens is 340 g/mol. The Balaban J connectivity index is 2.27. The number of hydrogen-bond donors (Lipinski definition) is 1. The van der Waals surface area contributed by atoms with Crippen LogP contribution in [0, 0.1) is 25.2 Å². The Morgan fingerprint density at radius 1 is 1.26 bits per heavy atom. The third kappa shape index (κ3) is 4.99. The predicted molar refractivity (Wildman–Crippen MR) is 107 cm³/mol. The van der Waals surface area contributed by atoms with Crippen LogP contribution in [0.15, 0.2) is 54.6 Å². The normalized spacial score (nSPS) is 10.7. The minimum atomic E-state index is -0.461. The van der Waals surface area contributed by atoms with Gasteiger partial charge in [-0.25, -0.2) is 0 Å². The van der Waals surface area contributed by atoms with Crippen molar-refractivity contribution in [3.8, 4) is 17.6 Å². The topological polar surface area (TPSA) is 71.3 Å². The van der Waals surface area contributed by atoms with Gasteiger partial charge in [-0.05, 0) is 54.8 Å². The maximum Gasteiger partial charge on any atom is 0.266 e. The molecule has 5 nitrogen and oxygen atoms in total. The number of carbonyl (C=O) groups is 1. The van der Waals surface area contributed by atoms with Crippen LogP contribution in [-0.2, 0) is 4.79 Å². The molecule has 0 unspecified atom stereocenters. The van der Waals surface area contributed by atoms with Gasteiger partial charge in [-0.15, -0.1) is 0 Å². The van der Waals surface area contributed by atoms with Crippen LogP contribution in [0.4, 0.5) is 5.69 Å². The summed E-state index contributed by atoms with van der Waals surface area (Å²) in [5, 5.41) is 12.2. The van der Waals surface area contributed by atoms with Crippen LogP contribution in [-0.4, -0.2) is 19.6 Å². The molecule has 5 heteroatoms. The highest BCUT2D eigenvalue weighted by Crippen LogP contribution is 2.29. The van der Waals surface area contributed by atoms with Crippen LogP contribution >= 0.6 is 0 Å². The number of methoxy groups -OCH3 is 1. The Bertz CT molecular complexity index is 924. The molecule has 0 fully saturated rings. The summed E-state index contributed by atoms with van der Waals surface area (Å²) in [7, 11) is 1.53. The molecule has 27 heavy (non-hydrogen) atoms.